The Morgan fingerprint density at radius 1 is 1.03 bits per heavy atom. The first-order valence-electron chi connectivity index (χ1n) is 9.93. The molecule has 5 rings (SSSR count). The molecule has 2 aliphatic heterocycles. The summed E-state index contributed by atoms with van der Waals surface area (Å²) >= 11 is 0. The van der Waals surface area contributed by atoms with Crippen molar-refractivity contribution in [3.63, 3.8) is 0 Å². The minimum atomic E-state index is -0.599. The van der Waals surface area contributed by atoms with E-state index < -0.39 is 6.23 Å². The van der Waals surface area contributed by atoms with Crippen molar-refractivity contribution in [1.82, 2.24) is 5.01 Å². The van der Waals surface area contributed by atoms with E-state index in [4.69, 9.17) is 14.6 Å². The molecule has 0 spiro atoms. The quantitative estimate of drug-likeness (QED) is 0.565. The van der Waals surface area contributed by atoms with Gasteiger partial charge >= 0.3 is 0 Å². The van der Waals surface area contributed by atoms with Gasteiger partial charge in [-0.05, 0) is 42.8 Å². The normalized spacial score (nSPS) is 19.6. The maximum atomic E-state index is 14.0. The molecule has 0 aromatic heterocycles. The second-order valence-electron chi connectivity index (χ2n) is 7.29. The molecule has 152 valence electrons. The highest BCUT2D eigenvalue weighted by Gasteiger charge is 2.42. The van der Waals surface area contributed by atoms with E-state index in [0.29, 0.717) is 30.1 Å². The Balaban J connectivity index is 1.61. The number of para-hydroxylation sites is 1. The molecule has 0 amide bonds. The van der Waals surface area contributed by atoms with E-state index in [1.165, 1.54) is 24.3 Å². The summed E-state index contributed by atoms with van der Waals surface area (Å²) in [4.78, 5) is 0. The zero-order chi connectivity index (χ0) is 20.7. The van der Waals surface area contributed by atoms with Gasteiger partial charge in [-0.15, -0.1) is 0 Å². The molecule has 0 saturated heterocycles. The number of rotatable bonds is 4. The standard InChI is InChI=1S/C24H20F2N2O2/c1-2-29-22-8-4-7-19-21-14-20(15-9-11-17(25)12-10-15)27-28(21)24(30-23(19)22)16-5-3-6-18(26)13-16/h3-13,21,24H,2,14H2,1H3. The van der Waals surface area contributed by atoms with Crippen molar-refractivity contribution in [2.45, 2.75) is 25.6 Å². The highest BCUT2D eigenvalue weighted by molar-refractivity contribution is 6.02. The molecule has 3 aromatic carbocycles. The molecule has 2 aliphatic rings. The van der Waals surface area contributed by atoms with Gasteiger partial charge in [0.05, 0.1) is 18.4 Å². The van der Waals surface area contributed by atoms with Crippen molar-refractivity contribution in [2.75, 3.05) is 6.61 Å². The lowest BCUT2D eigenvalue weighted by molar-refractivity contribution is -0.0214. The minimum Gasteiger partial charge on any atom is -0.490 e. The van der Waals surface area contributed by atoms with E-state index in [-0.39, 0.29) is 17.7 Å². The van der Waals surface area contributed by atoms with Gasteiger partial charge in [-0.3, -0.25) is 0 Å². The maximum Gasteiger partial charge on any atom is 0.214 e. The molecule has 0 bridgehead atoms. The zero-order valence-electron chi connectivity index (χ0n) is 16.4. The van der Waals surface area contributed by atoms with Gasteiger partial charge in [-0.1, -0.05) is 36.4 Å². The van der Waals surface area contributed by atoms with Gasteiger partial charge in [-0.2, -0.15) is 5.10 Å². The van der Waals surface area contributed by atoms with Crippen LogP contribution in [0.25, 0.3) is 0 Å². The molecule has 2 heterocycles. The van der Waals surface area contributed by atoms with Gasteiger partial charge in [-0.25, -0.2) is 13.8 Å². The van der Waals surface area contributed by atoms with Crippen LogP contribution in [0.2, 0.25) is 0 Å². The smallest absolute Gasteiger partial charge is 0.214 e. The van der Waals surface area contributed by atoms with E-state index in [1.807, 2.05) is 36.2 Å². The Kier molecular flexibility index (Phi) is 4.62. The summed E-state index contributed by atoms with van der Waals surface area (Å²) in [6, 6.07) is 18.4. The fourth-order valence-electron chi connectivity index (χ4n) is 4.05. The lowest BCUT2D eigenvalue weighted by Gasteiger charge is -2.38. The van der Waals surface area contributed by atoms with Gasteiger partial charge < -0.3 is 9.47 Å². The summed E-state index contributed by atoms with van der Waals surface area (Å²) < 4.78 is 39.5. The molecular formula is C24H20F2N2O2. The van der Waals surface area contributed by atoms with E-state index >= 15 is 0 Å². The number of hydrazone groups is 1. The number of halogens is 2. The molecule has 3 aromatic rings. The molecule has 0 aliphatic carbocycles. The van der Waals surface area contributed by atoms with E-state index in [1.54, 1.807) is 18.2 Å². The number of nitrogens with zero attached hydrogens (tertiary/aromatic N) is 2. The van der Waals surface area contributed by atoms with Crippen molar-refractivity contribution in [2.24, 2.45) is 5.10 Å². The molecule has 2 unspecified atom stereocenters. The monoisotopic (exact) mass is 406 g/mol. The summed E-state index contributed by atoms with van der Waals surface area (Å²) in [6.07, 6.45) is 0.0291. The number of hydrogen-bond acceptors (Lipinski definition) is 4. The van der Waals surface area contributed by atoms with Crippen LogP contribution in [0.3, 0.4) is 0 Å². The van der Waals surface area contributed by atoms with Crippen molar-refractivity contribution < 1.29 is 18.3 Å². The summed E-state index contributed by atoms with van der Waals surface area (Å²) in [6.45, 7) is 2.43. The number of benzene rings is 3. The molecular weight excluding hydrogens is 386 g/mol. The van der Waals surface area contributed by atoms with E-state index in [2.05, 4.69) is 0 Å². The molecule has 2 atom stereocenters. The topological polar surface area (TPSA) is 34.1 Å². The summed E-state index contributed by atoms with van der Waals surface area (Å²) in [5.41, 5.74) is 3.32. The number of ether oxygens (including phenoxy) is 2. The Morgan fingerprint density at radius 3 is 2.60 bits per heavy atom. The summed E-state index contributed by atoms with van der Waals surface area (Å²) in [7, 11) is 0. The van der Waals surface area contributed by atoms with E-state index in [9.17, 15) is 8.78 Å². The summed E-state index contributed by atoms with van der Waals surface area (Å²) in [5, 5.41) is 6.68. The van der Waals surface area contributed by atoms with Crippen LogP contribution in [0.1, 0.15) is 42.3 Å². The van der Waals surface area contributed by atoms with Crippen LogP contribution in [-0.2, 0) is 0 Å². The van der Waals surface area contributed by atoms with Crippen LogP contribution in [-0.4, -0.2) is 17.3 Å². The highest BCUT2D eigenvalue weighted by atomic mass is 19.1. The number of fused-ring (bicyclic) bond motifs is 3. The van der Waals surface area contributed by atoms with Crippen LogP contribution in [0.5, 0.6) is 11.5 Å². The Hall–Kier alpha value is -3.41. The molecule has 6 heteroatoms. The Bertz CT molecular complexity index is 1110. The van der Waals surface area contributed by atoms with Gasteiger partial charge in [0, 0.05) is 17.5 Å². The van der Waals surface area contributed by atoms with E-state index in [0.717, 1.165) is 16.8 Å². The van der Waals surface area contributed by atoms with Gasteiger partial charge in [0.2, 0.25) is 6.23 Å². The first-order chi connectivity index (χ1) is 14.6. The molecule has 0 radical (unpaired) electrons. The molecule has 4 nitrogen and oxygen atoms in total. The van der Waals surface area contributed by atoms with Crippen LogP contribution >= 0.6 is 0 Å². The second kappa shape index (κ2) is 7.44. The zero-order valence-corrected chi connectivity index (χ0v) is 16.4. The van der Waals surface area contributed by atoms with Crippen LogP contribution in [0, 0.1) is 11.6 Å². The summed E-state index contributed by atoms with van der Waals surface area (Å²) in [5.74, 6) is 0.693. The predicted molar refractivity (Wildman–Crippen MR) is 110 cm³/mol. The van der Waals surface area contributed by atoms with Gasteiger partial charge in [0.25, 0.3) is 0 Å². The third kappa shape index (κ3) is 3.18. The third-order valence-corrected chi connectivity index (χ3v) is 5.39. The molecule has 0 N–H and O–H groups in total. The Labute approximate surface area is 173 Å². The van der Waals surface area contributed by atoms with Crippen molar-refractivity contribution in [3.8, 4) is 11.5 Å². The van der Waals surface area contributed by atoms with Crippen LogP contribution < -0.4 is 9.47 Å². The average Bonchev–Trinajstić information content (AvgIpc) is 3.20. The van der Waals surface area contributed by atoms with Crippen molar-refractivity contribution >= 4 is 5.71 Å². The Morgan fingerprint density at radius 2 is 1.83 bits per heavy atom. The van der Waals surface area contributed by atoms with Gasteiger partial charge in [0.1, 0.15) is 11.6 Å². The lowest BCUT2D eigenvalue weighted by Crippen LogP contribution is -2.34. The fraction of sp³-hybridized carbons (Fsp3) is 0.208. The first kappa shape index (κ1) is 18.6. The lowest BCUT2D eigenvalue weighted by atomic mass is 9.95. The van der Waals surface area contributed by atoms with Crippen molar-refractivity contribution in [3.05, 3.63) is 95.1 Å². The van der Waals surface area contributed by atoms with Crippen LogP contribution in [0.15, 0.2) is 71.8 Å². The predicted octanol–water partition coefficient (Wildman–Crippen LogP) is 5.61. The van der Waals surface area contributed by atoms with Gasteiger partial charge in [0.15, 0.2) is 11.5 Å². The highest BCUT2D eigenvalue weighted by Crippen LogP contribution is 2.50. The SMILES string of the molecule is CCOc1cccc2c1OC(c1cccc(F)c1)N1N=C(c3ccc(F)cc3)CC21. The first-order valence-corrected chi connectivity index (χ1v) is 9.93. The van der Waals surface area contributed by atoms with Crippen molar-refractivity contribution in [1.29, 1.82) is 0 Å². The fourth-order valence-corrected chi connectivity index (χ4v) is 4.05. The molecule has 30 heavy (non-hydrogen) atoms. The maximum absolute atomic E-state index is 14.0. The van der Waals surface area contributed by atoms with Crippen LogP contribution in [0.4, 0.5) is 8.78 Å². The number of hydrogen-bond donors (Lipinski definition) is 0. The third-order valence-electron chi connectivity index (χ3n) is 5.39. The second-order valence-corrected chi connectivity index (χ2v) is 7.29. The minimum absolute atomic E-state index is 0.0949. The molecule has 0 fully saturated rings. The largest absolute Gasteiger partial charge is 0.490 e. The average molecular weight is 406 g/mol. The molecule has 0 saturated carbocycles.